The second-order valence-corrected chi connectivity index (χ2v) is 6.11. The quantitative estimate of drug-likeness (QED) is 0.903. The molecule has 2 aliphatic heterocycles. The monoisotopic (exact) mass is 291 g/mol. The molecule has 0 saturated carbocycles. The van der Waals surface area contributed by atoms with E-state index in [1.165, 1.54) is 11.1 Å². The van der Waals surface area contributed by atoms with Gasteiger partial charge in [-0.3, -0.25) is 0 Å². The summed E-state index contributed by atoms with van der Waals surface area (Å²) in [5.41, 5.74) is 2.56. The van der Waals surface area contributed by atoms with E-state index in [9.17, 15) is 0 Å². The van der Waals surface area contributed by atoms with Crippen LogP contribution in [0.15, 0.2) is 24.3 Å². The maximum absolute atomic E-state index is 5.99. The standard InChI is InChI=1S/C17H25NO3/c1-19-12-15-5-3-2-4-14(15)11-18-16-6-8-21-17(10-16)7-9-20-13-17/h2-5,16,18H,6-13H2,1H3. The molecule has 21 heavy (non-hydrogen) atoms. The lowest BCUT2D eigenvalue weighted by Crippen LogP contribution is -2.47. The Bertz CT molecular complexity index is 457. The van der Waals surface area contributed by atoms with Gasteiger partial charge < -0.3 is 19.5 Å². The number of rotatable bonds is 5. The normalized spacial score (nSPS) is 29.1. The Labute approximate surface area is 126 Å². The van der Waals surface area contributed by atoms with Gasteiger partial charge in [0.05, 0.1) is 18.8 Å². The van der Waals surface area contributed by atoms with Crippen LogP contribution < -0.4 is 5.32 Å². The Kier molecular flexibility index (Phi) is 4.91. The van der Waals surface area contributed by atoms with Crippen LogP contribution in [0.2, 0.25) is 0 Å². The predicted octanol–water partition coefficient (Wildman–Crippen LogP) is 2.26. The summed E-state index contributed by atoms with van der Waals surface area (Å²) in [6.45, 7) is 3.99. The average Bonchev–Trinajstić information content (AvgIpc) is 2.95. The van der Waals surface area contributed by atoms with Crippen molar-refractivity contribution in [2.75, 3.05) is 26.9 Å². The van der Waals surface area contributed by atoms with Crippen molar-refractivity contribution in [3.8, 4) is 0 Å². The Balaban J connectivity index is 1.57. The first kappa shape index (κ1) is 15.0. The maximum atomic E-state index is 5.99. The molecule has 1 spiro atoms. The van der Waals surface area contributed by atoms with Crippen LogP contribution in [0.1, 0.15) is 30.4 Å². The fourth-order valence-electron chi connectivity index (χ4n) is 3.35. The summed E-state index contributed by atoms with van der Waals surface area (Å²) in [5.74, 6) is 0. The molecular formula is C17H25NO3. The number of hydrogen-bond acceptors (Lipinski definition) is 4. The highest BCUT2D eigenvalue weighted by Gasteiger charge is 2.40. The van der Waals surface area contributed by atoms with Crippen LogP contribution in [0.25, 0.3) is 0 Å². The zero-order chi connectivity index (χ0) is 14.5. The zero-order valence-corrected chi connectivity index (χ0v) is 12.8. The molecule has 2 heterocycles. The largest absolute Gasteiger partial charge is 0.380 e. The molecule has 0 aliphatic carbocycles. The second kappa shape index (κ2) is 6.88. The van der Waals surface area contributed by atoms with Crippen LogP contribution in [-0.2, 0) is 27.4 Å². The van der Waals surface area contributed by atoms with Crippen molar-refractivity contribution in [2.24, 2.45) is 0 Å². The highest BCUT2D eigenvalue weighted by molar-refractivity contribution is 5.26. The number of benzene rings is 1. The van der Waals surface area contributed by atoms with Crippen LogP contribution in [0, 0.1) is 0 Å². The molecule has 4 nitrogen and oxygen atoms in total. The molecule has 116 valence electrons. The minimum Gasteiger partial charge on any atom is -0.380 e. The van der Waals surface area contributed by atoms with Crippen LogP contribution >= 0.6 is 0 Å². The minimum atomic E-state index is -0.0258. The van der Waals surface area contributed by atoms with Crippen LogP contribution in [-0.4, -0.2) is 38.6 Å². The molecule has 2 aliphatic rings. The van der Waals surface area contributed by atoms with E-state index < -0.39 is 0 Å². The molecule has 0 bridgehead atoms. The smallest absolute Gasteiger partial charge is 0.0951 e. The fourth-order valence-corrected chi connectivity index (χ4v) is 3.35. The average molecular weight is 291 g/mol. The summed E-state index contributed by atoms with van der Waals surface area (Å²) in [7, 11) is 1.74. The lowest BCUT2D eigenvalue weighted by atomic mass is 9.89. The molecule has 1 aromatic carbocycles. The van der Waals surface area contributed by atoms with Gasteiger partial charge in [-0.25, -0.2) is 0 Å². The summed E-state index contributed by atoms with van der Waals surface area (Å²) >= 11 is 0. The SMILES string of the molecule is COCc1ccccc1CNC1CCOC2(CCOC2)C1. The number of hydrogen-bond donors (Lipinski definition) is 1. The highest BCUT2D eigenvalue weighted by atomic mass is 16.6. The summed E-state index contributed by atoms with van der Waals surface area (Å²) in [6, 6.07) is 8.98. The first-order chi connectivity index (χ1) is 10.3. The van der Waals surface area contributed by atoms with Gasteiger partial charge in [-0.2, -0.15) is 0 Å². The van der Waals surface area contributed by atoms with Gasteiger partial charge in [-0.1, -0.05) is 24.3 Å². The van der Waals surface area contributed by atoms with E-state index >= 15 is 0 Å². The van der Waals surface area contributed by atoms with Crippen LogP contribution in [0.3, 0.4) is 0 Å². The van der Waals surface area contributed by atoms with E-state index in [-0.39, 0.29) is 5.60 Å². The van der Waals surface area contributed by atoms with Gasteiger partial charge in [0.1, 0.15) is 0 Å². The molecule has 1 N–H and O–H groups in total. The lowest BCUT2D eigenvalue weighted by molar-refractivity contribution is -0.0894. The highest BCUT2D eigenvalue weighted by Crippen LogP contribution is 2.32. The molecule has 2 saturated heterocycles. The fraction of sp³-hybridized carbons (Fsp3) is 0.647. The first-order valence-electron chi connectivity index (χ1n) is 7.82. The molecule has 4 heteroatoms. The molecule has 2 unspecified atom stereocenters. The van der Waals surface area contributed by atoms with E-state index in [0.717, 1.165) is 45.6 Å². The van der Waals surface area contributed by atoms with Gasteiger partial charge in [-0.05, 0) is 24.0 Å². The van der Waals surface area contributed by atoms with Crippen LogP contribution in [0.4, 0.5) is 0 Å². The maximum Gasteiger partial charge on any atom is 0.0951 e. The van der Waals surface area contributed by atoms with Crippen molar-refractivity contribution in [3.63, 3.8) is 0 Å². The summed E-state index contributed by atoms with van der Waals surface area (Å²) in [5, 5.41) is 3.70. The zero-order valence-electron chi connectivity index (χ0n) is 12.8. The molecule has 0 amide bonds. The number of methoxy groups -OCH3 is 1. The van der Waals surface area contributed by atoms with E-state index in [2.05, 4.69) is 29.6 Å². The van der Waals surface area contributed by atoms with E-state index in [4.69, 9.17) is 14.2 Å². The lowest BCUT2D eigenvalue weighted by Gasteiger charge is -2.37. The molecule has 2 atom stereocenters. The van der Waals surface area contributed by atoms with E-state index in [1.807, 2.05) is 0 Å². The summed E-state index contributed by atoms with van der Waals surface area (Å²) < 4.78 is 16.8. The third-order valence-electron chi connectivity index (χ3n) is 4.56. The van der Waals surface area contributed by atoms with Crippen molar-refractivity contribution in [3.05, 3.63) is 35.4 Å². The third kappa shape index (κ3) is 3.64. The van der Waals surface area contributed by atoms with Crippen molar-refractivity contribution < 1.29 is 14.2 Å². The van der Waals surface area contributed by atoms with Gasteiger partial charge in [-0.15, -0.1) is 0 Å². The van der Waals surface area contributed by atoms with Gasteiger partial charge in [0.15, 0.2) is 0 Å². The van der Waals surface area contributed by atoms with Gasteiger partial charge >= 0.3 is 0 Å². The number of nitrogens with one attached hydrogen (secondary N) is 1. The molecule has 1 aromatic rings. The third-order valence-corrected chi connectivity index (χ3v) is 4.56. The van der Waals surface area contributed by atoms with Gasteiger partial charge in [0.2, 0.25) is 0 Å². The molecule has 3 rings (SSSR count). The van der Waals surface area contributed by atoms with E-state index in [0.29, 0.717) is 12.6 Å². The van der Waals surface area contributed by atoms with Crippen molar-refractivity contribution in [2.45, 2.75) is 44.1 Å². The molecule has 0 aromatic heterocycles. The predicted molar refractivity (Wildman–Crippen MR) is 81.1 cm³/mol. The Morgan fingerprint density at radius 3 is 2.90 bits per heavy atom. The van der Waals surface area contributed by atoms with Crippen molar-refractivity contribution in [1.29, 1.82) is 0 Å². The Hall–Kier alpha value is -0.940. The van der Waals surface area contributed by atoms with Gasteiger partial charge in [0, 0.05) is 39.3 Å². The van der Waals surface area contributed by atoms with Crippen molar-refractivity contribution >= 4 is 0 Å². The minimum absolute atomic E-state index is 0.0258. The Morgan fingerprint density at radius 1 is 1.29 bits per heavy atom. The molecule has 0 radical (unpaired) electrons. The first-order valence-corrected chi connectivity index (χ1v) is 7.82. The van der Waals surface area contributed by atoms with E-state index in [1.54, 1.807) is 7.11 Å². The number of ether oxygens (including phenoxy) is 3. The Morgan fingerprint density at radius 2 is 2.14 bits per heavy atom. The topological polar surface area (TPSA) is 39.7 Å². The summed E-state index contributed by atoms with van der Waals surface area (Å²) in [4.78, 5) is 0. The van der Waals surface area contributed by atoms with Crippen molar-refractivity contribution in [1.82, 2.24) is 5.32 Å². The van der Waals surface area contributed by atoms with Crippen LogP contribution in [0.5, 0.6) is 0 Å². The second-order valence-electron chi connectivity index (χ2n) is 6.11. The molecular weight excluding hydrogens is 266 g/mol. The summed E-state index contributed by atoms with van der Waals surface area (Å²) in [6.07, 6.45) is 3.17. The molecule has 2 fully saturated rings. The van der Waals surface area contributed by atoms with Gasteiger partial charge in [0.25, 0.3) is 0 Å².